The van der Waals surface area contributed by atoms with Crippen molar-refractivity contribution in [2.24, 2.45) is 12.8 Å². The lowest BCUT2D eigenvalue weighted by Gasteiger charge is -2.01. The molecular weight excluding hydrogens is 232 g/mol. The van der Waals surface area contributed by atoms with E-state index in [1.807, 2.05) is 20.2 Å². The molecule has 2 heterocycles. The monoisotopic (exact) mass is 248 g/mol. The van der Waals surface area contributed by atoms with Crippen molar-refractivity contribution in [2.75, 3.05) is 0 Å². The van der Waals surface area contributed by atoms with Gasteiger partial charge in [-0.25, -0.2) is 0 Å². The van der Waals surface area contributed by atoms with Crippen LogP contribution in [0.1, 0.15) is 27.6 Å². The molecule has 0 saturated carbocycles. The van der Waals surface area contributed by atoms with Gasteiger partial charge in [-0.1, -0.05) is 0 Å². The summed E-state index contributed by atoms with van der Waals surface area (Å²) in [4.78, 5) is 11.8. The van der Waals surface area contributed by atoms with Gasteiger partial charge in [0.05, 0.1) is 12.2 Å². The third-order valence-electron chi connectivity index (χ3n) is 2.64. The van der Waals surface area contributed by atoms with E-state index in [-0.39, 0.29) is 18.2 Å². The first-order valence-electron chi connectivity index (χ1n) is 5.66. The van der Waals surface area contributed by atoms with Gasteiger partial charge < -0.3 is 15.5 Å². The number of aryl methyl sites for hydroxylation is 2. The Morgan fingerprint density at radius 3 is 2.89 bits per heavy atom. The smallest absolute Gasteiger partial charge is 0.287 e. The molecule has 0 fully saturated rings. The molecular formula is C12H16N4O2. The molecule has 18 heavy (non-hydrogen) atoms. The van der Waals surface area contributed by atoms with Crippen LogP contribution in [0, 0.1) is 6.92 Å². The fraction of sp³-hybridized carbons (Fsp3) is 0.333. The molecule has 6 nitrogen and oxygen atoms in total. The van der Waals surface area contributed by atoms with Crippen molar-refractivity contribution in [3.63, 3.8) is 0 Å². The quantitative estimate of drug-likeness (QED) is 0.834. The molecule has 0 radical (unpaired) electrons. The van der Waals surface area contributed by atoms with E-state index >= 15 is 0 Å². The zero-order chi connectivity index (χ0) is 13.1. The minimum atomic E-state index is -0.252. The summed E-state index contributed by atoms with van der Waals surface area (Å²) in [5, 5.41) is 6.98. The standard InChI is InChI=1S/C12H16N4O2/c1-8-9(7-16(2)15-8)6-14-12(17)11-4-3-10(5-13)18-11/h3-4,7H,5-6,13H2,1-2H3,(H,14,17). The van der Waals surface area contributed by atoms with Crippen LogP contribution < -0.4 is 11.1 Å². The number of nitrogens with one attached hydrogen (secondary N) is 1. The maximum atomic E-state index is 11.8. The highest BCUT2D eigenvalue weighted by molar-refractivity contribution is 5.91. The topological polar surface area (TPSA) is 86.1 Å². The Hall–Kier alpha value is -2.08. The Morgan fingerprint density at radius 1 is 1.56 bits per heavy atom. The first kappa shape index (κ1) is 12.4. The van der Waals surface area contributed by atoms with Crippen molar-refractivity contribution >= 4 is 5.91 Å². The van der Waals surface area contributed by atoms with Crippen LogP contribution in [0.2, 0.25) is 0 Å². The van der Waals surface area contributed by atoms with E-state index < -0.39 is 0 Å². The van der Waals surface area contributed by atoms with E-state index in [0.29, 0.717) is 12.3 Å². The van der Waals surface area contributed by atoms with Gasteiger partial charge in [0, 0.05) is 25.4 Å². The lowest BCUT2D eigenvalue weighted by molar-refractivity contribution is 0.0921. The summed E-state index contributed by atoms with van der Waals surface area (Å²) >= 11 is 0. The number of rotatable bonds is 4. The zero-order valence-electron chi connectivity index (χ0n) is 10.4. The molecule has 0 bridgehead atoms. The molecule has 0 unspecified atom stereocenters. The van der Waals surface area contributed by atoms with Gasteiger partial charge in [0.1, 0.15) is 5.76 Å². The van der Waals surface area contributed by atoms with Gasteiger partial charge in [-0.2, -0.15) is 5.10 Å². The summed E-state index contributed by atoms with van der Waals surface area (Å²) in [6.45, 7) is 2.62. The third kappa shape index (κ3) is 2.60. The Morgan fingerprint density at radius 2 is 2.33 bits per heavy atom. The Balaban J connectivity index is 1.98. The van der Waals surface area contributed by atoms with E-state index in [9.17, 15) is 4.79 Å². The fourth-order valence-corrected chi connectivity index (χ4v) is 1.69. The van der Waals surface area contributed by atoms with Crippen molar-refractivity contribution in [1.29, 1.82) is 0 Å². The predicted octanol–water partition coefficient (Wildman–Crippen LogP) is 0.710. The SMILES string of the molecule is Cc1nn(C)cc1CNC(=O)c1ccc(CN)o1. The van der Waals surface area contributed by atoms with E-state index in [2.05, 4.69) is 10.4 Å². The maximum Gasteiger partial charge on any atom is 0.287 e. The zero-order valence-corrected chi connectivity index (χ0v) is 10.4. The van der Waals surface area contributed by atoms with Gasteiger partial charge in [0.25, 0.3) is 5.91 Å². The van der Waals surface area contributed by atoms with Gasteiger partial charge >= 0.3 is 0 Å². The number of nitrogens with zero attached hydrogens (tertiary/aromatic N) is 2. The van der Waals surface area contributed by atoms with Crippen molar-refractivity contribution in [3.8, 4) is 0 Å². The van der Waals surface area contributed by atoms with Crippen LogP contribution in [0.3, 0.4) is 0 Å². The highest BCUT2D eigenvalue weighted by Gasteiger charge is 2.11. The number of aromatic nitrogens is 2. The van der Waals surface area contributed by atoms with Gasteiger partial charge in [-0.05, 0) is 19.1 Å². The second-order valence-corrected chi connectivity index (χ2v) is 4.07. The summed E-state index contributed by atoms with van der Waals surface area (Å²) in [6.07, 6.45) is 1.88. The van der Waals surface area contributed by atoms with Crippen LogP contribution in [0.15, 0.2) is 22.7 Å². The van der Waals surface area contributed by atoms with E-state index in [4.69, 9.17) is 10.2 Å². The van der Waals surface area contributed by atoms with Crippen molar-refractivity contribution in [1.82, 2.24) is 15.1 Å². The van der Waals surface area contributed by atoms with Crippen LogP contribution in [-0.4, -0.2) is 15.7 Å². The number of hydrogen-bond acceptors (Lipinski definition) is 4. The summed E-state index contributed by atoms with van der Waals surface area (Å²) in [7, 11) is 1.85. The Labute approximate surface area is 105 Å². The normalized spacial score (nSPS) is 10.6. The lowest BCUT2D eigenvalue weighted by atomic mass is 10.2. The first-order chi connectivity index (χ1) is 8.60. The molecule has 0 aliphatic carbocycles. The summed E-state index contributed by atoms with van der Waals surface area (Å²) < 4.78 is 6.98. The van der Waals surface area contributed by atoms with Crippen LogP contribution in [0.5, 0.6) is 0 Å². The van der Waals surface area contributed by atoms with E-state index in [1.54, 1.807) is 16.8 Å². The second kappa shape index (κ2) is 5.05. The molecule has 3 N–H and O–H groups in total. The fourth-order valence-electron chi connectivity index (χ4n) is 1.69. The molecule has 1 amide bonds. The van der Waals surface area contributed by atoms with Gasteiger partial charge in [-0.15, -0.1) is 0 Å². The van der Waals surface area contributed by atoms with Crippen molar-refractivity contribution < 1.29 is 9.21 Å². The minimum Gasteiger partial charge on any atom is -0.455 e. The number of amides is 1. The van der Waals surface area contributed by atoms with E-state index in [1.165, 1.54) is 0 Å². The third-order valence-corrected chi connectivity index (χ3v) is 2.64. The predicted molar refractivity (Wildman–Crippen MR) is 65.7 cm³/mol. The summed E-state index contributed by atoms with van der Waals surface area (Å²) in [5.74, 6) is 0.618. The van der Waals surface area contributed by atoms with Crippen molar-refractivity contribution in [3.05, 3.63) is 41.1 Å². The molecule has 0 aromatic carbocycles. The summed E-state index contributed by atoms with van der Waals surface area (Å²) in [6, 6.07) is 3.32. The van der Waals surface area contributed by atoms with Crippen LogP contribution in [0.4, 0.5) is 0 Å². The van der Waals surface area contributed by atoms with Crippen molar-refractivity contribution in [2.45, 2.75) is 20.0 Å². The largest absolute Gasteiger partial charge is 0.455 e. The highest BCUT2D eigenvalue weighted by Crippen LogP contribution is 2.08. The molecule has 0 aliphatic heterocycles. The van der Waals surface area contributed by atoms with Gasteiger partial charge in [0.2, 0.25) is 0 Å². The van der Waals surface area contributed by atoms with Gasteiger partial charge in [0.15, 0.2) is 5.76 Å². The molecule has 0 aliphatic rings. The molecule has 0 saturated heterocycles. The number of furan rings is 1. The molecule has 0 atom stereocenters. The number of nitrogens with two attached hydrogens (primary N) is 1. The average Bonchev–Trinajstić information content (AvgIpc) is 2.93. The van der Waals surface area contributed by atoms with E-state index in [0.717, 1.165) is 11.3 Å². The number of hydrogen-bond donors (Lipinski definition) is 2. The molecule has 0 spiro atoms. The van der Waals surface area contributed by atoms with Crippen LogP contribution in [-0.2, 0) is 20.1 Å². The maximum absolute atomic E-state index is 11.8. The molecule has 2 rings (SSSR count). The number of carbonyl (C=O) groups excluding carboxylic acids is 1. The molecule has 6 heteroatoms. The van der Waals surface area contributed by atoms with Crippen LogP contribution in [0.25, 0.3) is 0 Å². The molecule has 2 aromatic heterocycles. The lowest BCUT2D eigenvalue weighted by Crippen LogP contribution is -2.22. The van der Waals surface area contributed by atoms with Gasteiger partial charge in [-0.3, -0.25) is 9.48 Å². The Kier molecular flexibility index (Phi) is 3.47. The molecule has 2 aromatic rings. The van der Waals surface area contributed by atoms with Crippen LogP contribution >= 0.6 is 0 Å². The molecule has 96 valence electrons. The average molecular weight is 248 g/mol. The number of carbonyl (C=O) groups is 1. The summed E-state index contributed by atoms with van der Waals surface area (Å²) in [5.41, 5.74) is 7.30. The second-order valence-electron chi connectivity index (χ2n) is 4.07. The highest BCUT2D eigenvalue weighted by atomic mass is 16.4. The Bertz CT molecular complexity index is 556. The minimum absolute atomic E-state index is 0.252. The first-order valence-corrected chi connectivity index (χ1v) is 5.66.